The Kier molecular flexibility index (Phi) is 2.43. The molecule has 1 fully saturated rings. The third kappa shape index (κ3) is 1.79. The van der Waals surface area contributed by atoms with Crippen molar-refractivity contribution in [3.63, 3.8) is 0 Å². The average molecular weight is 219 g/mol. The molecule has 0 atom stereocenters. The van der Waals surface area contributed by atoms with Gasteiger partial charge in [-0.25, -0.2) is 14.4 Å². The van der Waals surface area contributed by atoms with Gasteiger partial charge < -0.3 is 0 Å². The fourth-order valence-electron chi connectivity index (χ4n) is 1.13. The molecule has 0 aromatic carbocycles. The van der Waals surface area contributed by atoms with E-state index in [1.54, 1.807) is 0 Å². The third-order valence-electron chi connectivity index (χ3n) is 1.96. The van der Waals surface area contributed by atoms with Crippen LogP contribution in [0.5, 0.6) is 0 Å². The first kappa shape index (κ1) is 9.21. The summed E-state index contributed by atoms with van der Waals surface area (Å²) in [5.41, 5.74) is 0.490. The summed E-state index contributed by atoms with van der Waals surface area (Å²) >= 11 is 7.01. The van der Waals surface area contributed by atoms with Crippen LogP contribution in [0.3, 0.4) is 0 Å². The lowest BCUT2D eigenvalue weighted by Crippen LogP contribution is -1.98. The van der Waals surface area contributed by atoms with Crippen LogP contribution in [0, 0.1) is 5.82 Å². The largest absolute Gasteiger partial charge is 0.224 e. The van der Waals surface area contributed by atoms with Crippen molar-refractivity contribution >= 4 is 23.4 Å². The van der Waals surface area contributed by atoms with E-state index >= 15 is 0 Å². The molecule has 1 saturated carbocycles. The zero-order chi connectivity index (χ0) is 9.42. The van der Waals surface area contributed by atoms with Gasteiger partial charge >= 0.3 is 0 Å². The Hall–Kier alpha value is -0.350. The molecule has 1 heterocycles. The van der Waals surface area contributed by atoms with E-state index in [2.05, 4.69) is 9.97 Å². The SMILES string of the molecule is CSc1nc(Cl)c(F)c(C2CC2)n1. The number of aromatic nitrogens is 2. The second kappa shape index (κ2) is 3.42. The van der Waals surface area contributed by atoms with Crippen LogP contribution in [0.4, 0.5) is 4.39 Å². The number of halogens is 2. The van der Waals surface area contributed by atoms with Crippen LogP contribution in [0.2, 0.25) is 5.15 Å². The quantitative estimate of drug-likeness (QED) is 0.434. The van der Waals surface area contributed by atoms with Crippen LogP contribution in [0.1, 0.15) is 24.5 Å². The predicted molar refractivity (Wildman–Crippen MR) is 50.8 cm³/mol. The van der Waals surface area contributed by atoms with Crippen molar-refractivity contribution in [3.8, 4) is 0 Å². The third-order valence-corrected chi connectivity index (χ3v) is 2.76. The number of hydrogen-bond acceptors (Lipinski definition) is 3. The Morgan fingerprint density at radius 3 is 2.69 bits per heavy atom. The molecule has 0 spiro atoms. The topological polar surface area (TPSA) is 25.8 Å². The van der Waals surface area contributed by atoms with Gasteiger partial charge in [0.2, 0.25) is 0 Å². The second-order valence-electron chi connectivity index (χ2n) is 2.97. The monoisotopic (exact) mass is 218 g/mol. The summed E-state index contributed by atoms with van der Waals surface area (Å²) in [6.07, 6.45) is 3.87. The maximum atomic E-state index is 13.3. The zero-order valence-electron chi connectivity index (χ0n) is 7.05. The standard InChI is InChI=1S/C8H8ClFN2S/c1-13-8-11-6(4-2-3-4)5(10)7(9)12-8/h4H,2-3H2,1H3. The highest BCUT2D eigenvalue weighted by Crippen LogP contribution is 2.41. The second-order valence-corrected chi connectivity index (χ2v) is 4.11. The van der Waals surface area contributed by atoms with E-state index in [1.165, 1.54) is 11.8 Å². The van der Waals surface area contributed by atoms with Crippen molar-refractivity contribution in [2.75, 3.05) is 6.26 Å². The fourth-order valence-corrected chi connectivity index (χ4v) is 1.73. The summed E-state index contributed by atoms with van der Waals surface area (Å²) in [6.45, 7) is 0. The van der Waals surface area contributed by atoms with Gasteiger partial charge in [-0.05, 0) is 19.1 Å². The lowest BCUT2D eigenvalue weighted by molar-refractivity contribution is 0.582. The molecule has 1 aromatic heterocycles. The van der Waals surface area contributed by atoms with E-state index in [0.717, 1.165) is 12.8 Å². The molecule has 2 nitrogen and oxygen atoms in total. The van der Waals surface area contributed by atoms with Crippen molar-refractivity contribution < 1.29 is 4.39 Å². The molecule has 70 valence electrons. The van der Waals surface area contributed by atoms with Gasteiger partial charge in [-0.3, -0.25) is 0 Å². The van der Waals surface area contributed by atoms with Crippen LogP contribution in [0.15, 0.2) is 5.16 Å². The zero-order valence-corrected chi connectivity index (χ0v) is 8.62. The Balaban J connectivity index is 2.46. The maximum Gasteiger partial charge on any atom is 0.189 e. The van der Waals surface area contributed by atoms with Gasteiger partial charge in [-0.1, -0.05) is 23.4 Å². The van der Waals surface area contributed by atoms with Crippen molar-refractivity contribution in [2.24, 2.45) is 0 Å². The Morgan fingerprint density at radius 1 is 1.46 bits per heavy atom. The number of hydrogen-bond donors (Lipinski definition) is 0. The van der Waals surface area contributed by atoms with Gasteiger partial charge in [0.05, 0.1) is 5.69 Å². The van der Waals surface area contributed by atoms with E-state index in [9.17, 15) is 4.39 Å². The molecule has 0 saturated heterocycles. The first-order valence-corrected chi connectivity index (χ1v) is 5.59. The van der Waals surface area contributed by atoms with Crippen molar-refractivity contribution in [3.05, 3.63) is 16.7 Å². The number of nitrogens with zero attached hydrogens (tertiary/aromatic N) is 2. The summed E-state index contributed by atoms with van der Waals surface area (Å²) in [5.74, 6) is -0.173. The summed E-state index contributed by atoms with van der Waals surface area (Å²) < 4.78 is 13.3. The van der Waals surface area contributed by atoms with Gasteiger partial charge in [0.1, 0.15) is 0 Å². The van der Waals surface area contributed by atoms with Gasteiger partial charge in [0, 0.05) is 5.92 Å². The molecule has 0 aliphatic heterocycles. The minimum atomic E-state index is -0.443. The van der Waals surface area contributed by atoms with Crippen molar-refractivity contribution in [2.45, 2.75) is 23.9 Å². The van der Waals surface area contributed by atoms with Crippen LogP contribution in [-0.4, -0.2) is 16.2 Å². The Labute approximate surface area is 84.9 Å². The molecule has 13 heavy (non-hydrogen) atoms. The van der Waals surface area contributed by atoms with E-state index < -0.39 is 5.82 Å². The molecule has 0 radical (unpaired) electrons. The summed E-state index contributed by atoms with van der Waals surface area (Å²) in [6, 6.07) is 0. The normalized spacial score (nSPS) is 16.2. The highest BCUT2D eigenvalue weighted by molar-refractivity contribution is 7.98. The number of thioether (sulfide) groups is 1. The maximum absolute atomic E-state index is 13.3. The minimum absolute atomic E-state index is 0.0544. The first-order valence-electron chi connectivity index (χ1n) is 3.99. The molecule has 1 aliphatic carbocycles. The highest BCUT2D eigenvalue weighted by atomic mass is 35.5. The molecule has 1 aromatic rings. The smallest absolute Gasteiger partial charge is 0.189 e. The van der Waals surface area contributed by atoms with Crippen LogP contribution in [0.25, 0.3) is 0 Å². The summed E-state index contributed by atoms with van der Waals surface area (Å²) in [5, 5.41) is 0.495. The number of rotatable bonds is 2. The Bertz CT molecular complexity index is 341. The van der Waals surface area contributed by atoms with Gasteiger partial charge in [-0.15, -0.1) is 0 Å². The Morgan fingerprint density at radius 2 is 2.15 bits per heavy atom. The average Bonchev–Trinajstić information content (AvgIpc) is 2.92. The fraction of sp³-hybridized carbons (Fsp3) is 0.500. The molecule has 0 N–H and O–H groups in total. The molecule has 2 rings (SSSR count). The molecule has 0 bridgehead atoms. The molecule has 1 aliphatic rings. The first-order chi connectivity index (χ1) is 6.22. The van der Waals surface area contributed by atoms with Gasteiger partial charge in [0.25, 0.3) is 0 Å². The molecule has 0 amide bonds. The van der Waals surface area contributed by atoms with Gasteiger partial charge in [0.15, 0.2) is 16.1 Å². The van der Waals surface area contributed by atoms with Crippen LogP contribution < -0.4 is 0 Å². The minimum Gasteiger partial charge on any atom is -0.224 e. The van der Waals surface area contributed by atoms with E-state index in [4.69, 9.17) is 11.6 Å². The lowest BCUT2D eigenvalue weighted by Gasteiger charge is -2.03. The van der Waals surface area contributed by atoms with E-state index in [1.807, 2.05) is 6.26 Å². The molecule has 5 heteroatoms. The van der Waals surface area contributed by atoms with Gasteiger partial charge in [-0.2, -0.15) is 0 Å². The molecule has 0 unspecified atom stereocenters. The van der Waals surface area contributed by atoms with E-state index in [-0.39, 0.29) is 11.1 Å². The predicted octanol–water partition coefficient (Wildman–Crippen LogP) is 2.87. The van der Waals surface area contributed by atoms with Crippen LogP contribution in [-0.2, 0) is 0 Å². The van der Waals surface area contributed by atoms with Crippen LogP contribution >= 0.6 is 23.4 Å². The van der Waals surface area contributed by atoms with Crippen molar-refractivity contribution in [1.29, 1.82) is 0 Å². The highest BCUT2D eigenvalue weighted by Gasteiger charge is 2.30. The van der Waals surface area contributed by atoms with Crippen molar-refractivity contribution in [1.82, 2.24) is 9.97 Å². The van der Waals surface area contributed by atoms with E-state index in [0.29, 0.717) is 10.9 Å². The lowest BCUT2D eigenvalue weighted by atomic mass is 10.3. The molecular weight excluding hydrogens is 211 g/mol. The summed E-state index contributed by atoms with van der Waals surface area (Å²) in [4.78, 5) is 7.91. The summed E-state index contributed by atoms with van der Waals surface area (Å²) in [7, 11) is 0. The molecular formula is C8H8ClFN2S.